The molecule has 5 nitrogen and oxygen atoms in total. The van der Waals surface area contributed by atoms with E-state index in [2.05, 4.69) is 16.4 Å². The molecule has 0 unspecified atom stereocenters. The highest BCUT2D eigenvalue weighted by Gasteiger charge is 2.29. The Morgan fingerprint density at radius 1 is 1.17 bits per heavy atom. The van der Waals surface area contributed by atoms with Crippen molar-refractivity contribution in [2.75, 3.05) is 5.32 Å². The van der Waals surface area contributed by atoms with E-state index in [-0.39, 0.29) is 0 Å². The summed E-state index contributed by atoms with van der Waals surface area (Å²) in [7, 11) is 0. The number of nitrogens with two attached hydrogens (primary N) is 1. The van der Waals surface area contributed by atoms with Gasteiger partial charge in [-0.3, -0.25) is 4.57 Å². The minimum Gasteiger partial charge on any atom is -0.384 e. The topological polar surface area (TPSA) is 79.7 Å². The van der Waals surface area contributed by atoms with Gasteiger partial charge in [0.2, 0.25) is 5.95 Å². The van der Waals surface area contributed by atoms with Crippen LogP contribution in [0.25, 0.3) is 16.9 Å². The Balaban J connectivity index is 1.92. The lowest BCUT2D eigenvalue weighted by Crippen LogP contribution is -2.26. The fourth-order valence-electron chi connectivity index (χ4n) is 2.90. The zero-order chi connectivity index (χ0) is 16.8. The third kappa shape index (κ3) is 2.12. The minimum absolute atomic E-state index is 0.357. The highest BCUT2D eigenvalue weighted by molar-refractivity contribution is 6.42. The van der Waals surface area contributed by atoms with Gasteiger partial charge in [0, 0.05) is 0 Å². The molecule has 0 bridgehead atoms. The quantitative estimate of drug-likeness (QED) is 0.686. The molecule has 118 valence electrons. The van der Waals surface area contributed by atoms with Gasteiger partial charge in [-0.2, -0.15) is 5.26 Å². The van der Waals surface area contributed by atoms with Crippen LogP contribution in [0, 0.1) is 11.3 Å². The molecule has 0 saturated carbocycles. The van der Waals surface area contributed by atoms with Crippen molar-refractivity contribution in [3.63, 3.8) is 0 Å². The molecule has 0 fully saturated rings. The summed E-state index contributed by atoms with van der Waals surface area (Å²) >= 11 is 12.1. The van der Waals surface area contributed by atoms with Crippen molar-refractivity contribution in [2.24, 2.45) is 5.73 Å². The number of imidazole rings is 1. The highest BCUT2D eigenvalue weighted by Crippen LogP contribution is 2.37. The van der Waals surface area contributed by atoms with Crippen LogP contribution in [0.4, 0.5) is 5.95 Å². The van der Waals surface area contributed by atoms with E-state index in [4.69, 9.17) is 28.9 Å². The van der Waals surface area contributed by atoms with Crippen molar-refractivity contribution >= 4 is 46.0 Å². The number of anilines is 1. The Morgan fingerprint density at radius 2 is 1.96 bits per heavy atom. The average Bonchev–Trinajstić information content (AvgIpc) is 2.96. The molecule has 0 radical (unpaired) electrons. The standard InChI is InChI=1S/C17H11Cl2N5/c18-11-6-5-9(7-12(11)19)15-10(8-20)16(21)24-14-4-2-1-3-13(14)22-17(24)23-15/h1-7,15H,21H2,(H,22,23)/t15-/m0/s1. The first-order valence-electron chi connectivity index (χ1n) is 7.19. The third-order valence-electron chi connectivity index (χ3n) is 4.04. The predicted octanol–water partition coefficient (Wildman–Crippen LogP) is 4.16. The maximum absolute atomic E-state index is 9.63. The van der Waals surface area contributed by atoms with E-state index in [1.165, 1.54) is 0 Å². The maximum Gasteiger partial charge on any atom is 0.210 e. The predicted molar refractivity (Wildman–Crippen MR) is 95.6 cm³/mol. The van der Waals surface area contributed by atoms with E-state index in [9.17, 15) is 5.26 Å². The number of nitrogens with zero attached hydrogens (tertiary/aromatic N) is 3. The summed E-state index contributed by atoms with van der Waals surface area (Å²) in [6.45, 7) is 0. The minimum atomic E-state index is -0.436. The Kier molecular flexibility index (Phi) is 3.38. The van der Waals surface area contributed by atoms with Crippen LogP contribution in [0.2, 0.25) is 10.0 Å². The number of hydrogen-bond donors (Lipinski definition) is 2. The summed E-state index contributed by atoms with van der Waals surface area (Å²) in [6, 6.07) is 14.6. The molecular weight excluding hydrogens is 345 g/mol. The van der Waals surface area contributed by atoms with Gasteiger partial charge in [0.15, 0.2) is 0 Å². The van der Waals surface area contributed by atoms with Gasteiger partial charge in [0.1, 0.15) is 11.9 Å². The summed E-state index contributed by atoms with van der Waals surface area (Å²) in [6.07, 6.45) is 0. The second-order valence-corrected chi connectivity index (χ2v) is 6.24. The maximum atomic E-state index is 9.63. The van der Waals surface area contributed by atoms with Crippen LogP contribution < -0.4 is 11.1 Å². The first-order chi connectivity index (χ1) is 11.6. The number of halogens is 2. The van der Waals surface area contributed by atoms with Gasteiger partial charge in [-0.05, 0) is 29.8 Å². The SMILES string of the molecule is N#CC1=C(N)n2c(nc3ccccc32)N[C@H]1c1ccc(Cl)c(Cl)c1. The second-order valence-electron chi connectivity index (χ2n) is 5.42. The highest BCUT2D eigenvalue weighted by atomic mass is 35.5. The van der Waals surface area contributed by atoms with Crippen LogP contribution in [0.3, 0.4) is 0 Å². The van der Waals surface area contributed by atoms with Crippen molar-refractivity contribution in [2.45, 2.75) is 6.04 Å². The Morgan fingerprint density at radius 3 is 2.71 bits per heavy atom. The Bertz CT molecular complexity index is 1040. The molecule has 1 atom stereocenters. The molecule has 1 aromatic heterocycles. The first-order valence-corrected chi connectivity index (χ1v) is 7.95. The number of nitriles is 1. The van der Waals surface area contributed by atoms with Crippen LogP contribution in [0.1, 0.15) is 11.6 Å². The smallest absolute Gasteiger partial charge is 0.210 e. The third-order valence-corrected chi connectivity index (χ3v) is 4.78. The van der Waals surface area contributed by atoms with Crippen molar-refractivity contribution in [3.05, 3.63) is 63.6 Å². The first kappa shape index (κ1) is 14.9. The summed E-state index contributed by atoms with van der Waals surface area (Å²) < 4.78 is 1.75. The van der Waals surface area contributed by atoms with Gasteiger partial charge in [-0.1, -0.05) is 41.4 Å². The fourth-order valence-corrected chi connectivity index (χ4v) is 3.21. The Hall–Kier alpha value is -2.68. The summed E-state index contributed by atoms with van der Waals surface area (Å²) in [4.78, 5) is 4.56. The van der Waals surface area contributed by atoms with Crippen LogP contribution in [-0.4, -0.2) is 9.55 Å². The van der Waals surface area contributed by atoms with E-state index >= 15 is 0 Å². The average molecular weight is 356 g/mol. The van der Waals surface area contributed by atoms with E-state index in [0.717, 1.165) is 16.6 Å². The van der Waals surface area contributed by atoms with E-state index in [0.29, 0.717) is 27.4 Å². The van der Waals surface area contributed by atoms with E-state index in [1.807, 2.05) is 30.3 Å². The molecule has 2 aromatic carbocycles. The van der Waals surface area contributed by atoms with Gasteiger partial charge in [-0.25, -0.2) is 4.98 Å². The van der Waals surface area contributed by atoms with Gasteiger partial charge in [0.05, 0.1) is 32.7 Å². The summed E-state index contributed by atoms with van der Waals surface area (Å²) in [5.41, 5.74) is 9.13. The number of fused-ring (bicyclic) bond motifs is 3. The fraction of sp³-hybridized carbons (Fsp3) is 0.0588. The molecule has 3 aromatic rings. The summed E-state index contributed by atoms with van der Waals surface area (Å²) in [5.74, 6) is 0.944. The Labute approximate surface area is 147 Å². The molecule has 7 heteroatoms. The van der Waals surface area contributed by atoms with Crippen molar-refractivity contribution in [1.29, 1.82) is 5.26 Å². The number of aromatic nitrogens is 2. The van der Waals surface area contributed by atoms with Gasteiger partial charge in [0.25, 0.3) is 0 Å². The molecule has 0 aliphatic carbocycles. The van der Waals surface area contributed by atoms with Gasteiger partial charge < -0.3 is 11.1 Å². The van der Waals surface area contributed by atoms with Crippen molar-refractivity contribution < 1.29 is 0 Å². The van der Waals surface area contributed by atoms with Crippen LogP contribution in [0.5, 0.6) is 0 Å². The molecule has 0 saturated heterocycles. The zero-order valence-corrected chi connectivity index (χ0v) is 13.8. The number of hydrogen-bond acceptors (Lipinski definition) is 4. The molecule has 2 heterocycles. The van der Waals surface area contributed by atoms with Crippen molar-refractivity contribution in [1.82, 2.24) is 9.55 Å². The zero-order valence-electron chi connectivity index (χ0n) is 12.3. The normalized spacial score (nSPS) is 16.6. The number of para-hydroxylation sites is 2. The lowest BCUT2D eigenvalue weighted by atomic mass is 9.98. The molecule has 3 N–H and O–H groups in total. The monoisotopic (exact) mass is 355 g/mol. The molecule has 0 amide bonds. The summed E-state index contributed by atoms with van der Waals surface area (Å²) in [5, 5.41) is 13.8. The van der Waals surface area contributed by atoms with Crippen LogP contribution >= 0.6 is 23.2 Å². The number of benzene rings is 2. The van der Waals surface area contributed by atoms with Crippen LogP contribution in [0.15, 0.2) is 48.0 Å². The van der Waals surface area contributed by atoms with E-state index < -0.39 is 6.04 Å². The molecule has 0 spiro atoms. The molecule has 24 heavy (non-hydrogen) atoms. The lowest BCUT2D eigenvalue weighted by Gasteiger charge is -2.26. The molecular formula is C17H11Cl2N5. The van der Waals surface area contributed by atoms with E-state index in [1.54, 1.807) is 16.7 Å². The number of nitrogens with one attached hydrogen (secondary N) is 1. The number of rotatable bonds is 1. The largest absolute Gasteiger partial charge is 0.384 e. The van der Waals surface area contributed by atoms with Gasteiger partial charge >= 0.3 is 0 Å². The van der Waals surface area contributed by atoms with Gasteiger partial charge in [-0.15, -0.1) is 0 Å². The van der Waals surface area contributed by atoms with Crippen molar-refractivity contribution in [3.8, 4) is 6.07 Å². The lowest BCUT2D eigenvalue weighted by molar-refractivity contribution is 0.857. The molecule has 1 aliphatic rings. The second kappa shape index (κ2) is 5.45. The van der Waals surface area contributed by atoms with Crippen LogP contribution in [-0.2, 0) is 0 Å². The molecule has 1 aliphatic heterocycles. The molecule has 4 rings (SSSR count).